The second-order valence-electron chi connectivity index (χ2n) is 6.85. The molecule has 0 fully saturated rings. The molecule has 0 amide bonds. The maximum atomic E-state index is 12.2. The molecule has 2 heterocycles. The number of ether oxygens (including phenoxy) is 1. The van der Waals surface area contributed by atoms with Crippen LogP contribution < -0.4 is 21.1 Å². The molecule has 1 aromatic heterocycles. The fourth-order valence-corrected chi connectivity index (χ4v) is 3.27. The van der Waals surface area contributed by atoms with E-state index in [1.54, 1.807) is 25.2 Å². The number of aryl methyl sites for hydroxylation is 1. The van der Waals surface area contributed by atoms with Gasteiger partial charge >= 0.3 is 0 Å². The Kier molecular flexibility index (Phi) is 6.04. The average molecular weight is 438 g/mol. The number of hydrogen-bond donors (Lipinski definition) is 2. The summed E-state index contributed by atoms with van der Waals surface area (Å²) in [5.41, 5.74) is 3.77. The topological polar surface area (TPSA) is 89.8 Å². The minimum absolute atomic E-state index is 0.0187. The van der Waals surface area contributed by atoms with Gasteiger partial charge in [-0.15, -0.1) is 5.10 Å². The van der Waals surface area contributed by atoms with Gasteiger partial charge in [0.2, 0.25) is 11.8 Å². The summed E-state index contributed by atoms with van der Waals surface area (Å²) in [6.45, 7) is 9.35. The van der Waals surface area contributed by atoms with Crippen molar-refractivity contribution in [1.29, 1.82) is 0 Å². The predicted octanol–water partition coefficient (Wildman–Crippen LogP) is 4.21. The number of nitrogens with zero attached hydrogens (tertiary/aromatic N) is 3. The molecule has 0 bridgehead atoms. The molecule has 1 unspecified atom stereocenters. The van der Waals surface area contributed by atoms with Crippen molar-refractivity contribution >= 4 is 34.7 Å². The van der Waals surface area contributed by atoms with Gasteiger partial charge in [0.1, 0.15) is 0 Å². The highest BCUT2D eigenvalue weighted by molar-refractivity contribution is 6.37. The Bertz CT molecular complexity index is 1030. The van der Waals surface area contributed by atoms with Gasteiger partial charge in [-0.1, -0.05) is 37.0 Å². The first-order valence-corrected chi connectivity index (χ1v) is 9.63. The summed E-state index contributed by atoms with van der Waals surface area (Å²) in [7, 11) is 1.57. The summed E-state index contributed by atoms with van der Waals surface area (Å²) in [5, 5.41) is 7.92. The lowest BCUT2D eigenvalue weighted by molar-refractivity contribution is 0.177. The van der Waals surface area contributed by atoms with Gasteiger partial charge in [-0.3, -0.25) is 4.79 Å². The molecule has 1 aliphatic heterocycles. The van der Waals surface area contributed by atoms with E-state index in [1.165, 1.54) is 4.68 Å². The lowest BCUT2D eigenvalue weighted by atomic mass is 10.1. The summed E-state index contributed by atoms with van der Waals surface area (Å²) in [6, 6.07) is 4.75. The van der Waals surface area contributed by atoms with Crippen molar-refractivity contribution in [3.8, 4) is 11.6 Å². The second-order valence-corrected chi connectivity index (χ2v) is 7.67. The standard InChI is InChI=1S/C19H21Cl2N5O3/c1-9(2)13-8-16(24-26(5)19(13)27)28-17-14(20)6-12(7-15(17)21)22-10(3)18-23-11(4)29-25-18/h6-10,22H,4H2,1-3,5H3,(H,23,25). The number of rotatable bonds is 6. The highest BCUT2D eigenvalue weighted by Gasteiger charge is 2.19. The van der Waals surface area contributed by atoms with E-state index in [0.29, 0.717) is 23.0 Å². The van der Waals surface area contributed by atoms with Crippen LogP contribution in [0.2, 0.25) is 10.0 Å². The van der Waals surface area contributed by atoms with Crippen LogP contribution in [0.15, 0.2) is 40.4 Å². The fourth-order valence-electron chi connectivity index (χ4n) is 2.71. The van der Waals surface area contributed by atoms with E-state index in [9.17, 15) is 4.79 Å². The van der Waals surface area contributed by atoms with Gasteiger partial charge in [0.25, 0.3) is 5.56 Å². The fraction of sp³-hybridized carbons (Fsp3) is 0.316. The molecule has 29 heavy (non-hydrogen) atoms. The Hall–Kier alpha value is -2.71. The van der Waals surface area contributed by atoms with Gasteiger partial charge < -0.3 is 14.9 Å². The van der Waals surface area contributed by atoms with Gasteiger partial charge in [0.05, 0.1) is 16.1 Å². The van der Waals surface area contributed by atoms with Crippen LogP contribution in [-0.4, -0.2) is 21.7 Å². The second kappa shape index (κ2) is 8.34. The van der Waals surface area contributed by atoms with Crippen LogP contribution in [0, 0.1) is 0 Å². The summed E-state index contributed by atoms with van der Waals surface area (Å²) in [6.07, 6.45) is 0. The summed E-state index contributed by atoms with van der Waals surface area (Å²) >= 11 is 12.8. The number of aromatic nitrogens is 2. The molecule has 3 rings (SSSR count). The molecule has 154 valence electrons. The Morgan fingerprint density at radius 2 is 1.90 bits per heavy atom. The molecule has 0 saturated carbocycles. The van der Waals surface area contributed by atoms with E-state index in [2.05, 4.69) is 27.5 Å². The molecule has 8 nitrogen and oxygen atoms in total. The number of aliphatic imine (C=N–C) groups is 1. The lowest BCUT2D eigenvalue weighted by Crippen LogP contribution is -2.34. The van der Waals surface area contributed by atoms with E-state index in [1.807, 2.05) is 20.8 Å². The van der Waals surface area contributed by atoms with Gasteiger partial charge in [-0.25, -0.2) is 10.2 Å². The van der Waals surface area contributed by atoms with E-state index in [4.69, 9.17) is 32.8 Å². The third-order valence-electron chi connectivity index (χ3n) is 4.21. The summed E-state index contributed by atoms with van der Waals surface area (Å²) in [4.78, 5) is 21.3. The van der Waals surface area contributed by atoms with Crippen LogP contribution in [0.1, 0.15) is 32.3 Å². The van der Waals surface area contributed by atoms with E-state index < -0.39 is 0 Å². The summed E-state index contributed by atoms with van der Waals surface area (Å²) in [5.74, 6) is 1.37. The van der Waals surface area contributed by atoms with Crippen LogP contribution in [-0.2, 0) is 11.9 Å². The van der Waals surface area contributed by atoms with Crippen molar-refractivity contribution < 1.29 is 9.57 Å². The maximum absolute atomic E-state index is 12.2. The zero-order valence-corrected chi connectivity index (χ0v) is 17.9. The Morgan fingerprint density at radius 1 is 1.24 bits per heavy atom. The zero-order valence-electron chi connectivity index (χ0n) is 16.4. The molecule has 1 aliphatic rings. The summed E-state index contributed by atoms with van der Waals surface area (Å²) < 4.78 is 7.04. The molecule has 10 heteroatoms. The Labute approximate surface area is 178 Å². The molecule has 1 atom stereocenters. The third kappa shape index (κ3) is 4.65. The van der Waals surface area contributed by atoms with Crippen molar-refractivity contribution in [2.75, 3.05) is 5.32 Å². The number of anilines is 1. The monoisotopic (exact) mass is 437 g/mol. The van der Waals surface area contributed by atoms with E-state index >= 15 is 0 Å². The average Bonchev–Trinajstić information content (AvgIpc) is 3.07. The highest BCUT2D eigenvalue weighted by atomic mass is 35.5. The molecular formula is C19H21Cl2N5O3. The third-order valence-corrected chi connectivity index (χ3v) is 4.77. The van der Waals surface area contributed by atoms with Crippen molar-refractivity contribution in [2.24, 2.45) is 12.0 Å². The molecule has 1 aromatic carbocycles. The zero-order chi connectivity index (χ0) is 21.3. The number of halogens is 2. The first-order chi connectivity index (χ1) is 13.7. The molecular weight excluding hydrogens is 417 g/mol. The minimum atomic E-state index is -0.202. The van der Waals surface area contributed by atoms with E-state index in [0.717, 1.165) is 0 Å². The van der Waals surface area contributed by atoms with Crippen LogP contribution in [0.4, 0.5) is 5.69 Å². The Morgan fingerprint density at radius 3 is 2.45 bits per heavy atom. The van der Waals surface area contributed by atoms with Crippen molar-refractivity contribution in [1.82, 2.24) is 15.3 Å². The van der Waals surface area contributed by atoms with Crippen LogP contribution in [0.25, 0.3) is 0 Å². The van der Waals surface area contributed by atoms with Crippen molar-refractivity contribution in [3.63, 3.8) is 0 Å². The quantitative estimate of drug-likeness (QED) is 0.703. The number of amidine groups is 1. The highest BCUT2D eigenvalue weighted by Crippen LogP contribution is 2.38. The molecule has 0 aliphatic carbocycles. The SMILES string of the molecule is C=C1N=C(C(C)Nc2cc(Cl)c(Oc3cc(C(C)C)c(=O)n(C)n3)c(Cl)c2)NO1. The van der Waals surface area contributed by atoms with Gasteiger partial charge in [-0.2, -0.15) is 4.99 Å². The predicted molar refractivity (Wildman–Crippen MR) is 114 cm³/mol. The van der Waals surface area contributed by atoms with Gasteiger partial charge in [-0.05, 0) is 31.6 Å². The first-order valence-electron chi connectivity index (χ1n) is 8.87. The van der Waals surface area contributed by atoms with Crippen LogP contribution in [0.3, 0.4) is 0 Å². The number of hydrogen-bond acceptors (Lipinski definition) is 7. The van der Waals surface area contributed by atoms with Crippen LogP contribution >= 0.6 is 23.2 Å². The minimum Gasteiger partial charge on any atom is -0.434 e. The largest absolute Gasteiger partial charge is 0.434 e. The maximum Gasteiger partial charge on any atom is 0.270 e. The van der Waals surface area contributed by atoms with Crippen molar-refractivity contribution in [2.45, 2.75) is 32.7 Å². The molecule has 0 radical (unpaired) electrons. The van der Waals surface area contributed by atoms with Gasteiger partial charge in [0, 0.05) is 24.4 Å². The molecule has 0 saturated heterocycles. The normalized spacial score (nSPS) is 14.3. The molecule has 0 spiro atoms. The Balaban J connectivity index is 1.84. The number of hydroxylamine groups is 1. The van der Waals surface area contributed by atoms with Crippen LogP contribution in [0.5, 0.6) is 11.6 Å². The molecule has 2 aromatic rings. The van der Waals surface area contributed by atoms with E-state index in [-0.39, 0.29) is 39.2 Å². The lowest BCUT2D eigenvalue weighted by Gasteiger charge is -2.17. The number of benzene rings is 1. The van der Waals surface area contributed by atoms with Crippen molar-refractivity contribution in [3.05, 3.63) is 56.6 Å². The molecule has 2 N–H and O–H groups in total. The van der Waals surface area contributed by atoms with Gasteiger partial charge in [0.15, 0.2) is 11.6 Å². The first kappa shape index (κ1) is 21.0. The smallest absolute Gasteiger partial charge is 0.270 e. The number of nitrogens with one attached hydrogen (secondary N) is 2.